The highest BCUT2D eigenvalue weighted by atomic mass is 79.9. The fourth-order valence-electron chi connectivity index (χ4n) is 2.97. The van der Waals surface area contributed by atoms with Crippen LogP contribution in [0.3, 0.4) is 0 Å². The lowest BCUT2D eigenvalue weighted by molar-refractivity contribution is 0.372. The summed E-state index contributed by atoms with van der Waals surface area (Å²) in [6, 6.07) is 7.90. The van der Waals surface area contributed by atoms with Gasteiger partial charge < -0.3 is 10.3 Å². The second-order valence-electron chi connectivity index (χ2n) is 5.94. The first kappa shape index (κ1) is 14.6. The molecule has 0 amide bonds. The molecule has 0 atom stereocenters. The number of aromatic nitrogens is 4. The number of benzene rings is 1. The van der Waals surface area contributed by atoms with Crippen molar-refractivity contribution >= 4 is 15.9 Å². The van der Waals surface area contributed by atoms with Crippen molar-refractivity contribution in [2.45, 2.75) is 31.2 Å². The van der Waals surface area contributed by atoms with Crippen molar-refractivity contribution in [3.63, 3.8) is 0 Å². The van der Waals surface area contributed by atoms with E-state index < -0.39 is 5.54 Å². The van der Waals surface area contributed by atoms with Gasteiger partial charge in [-0.1, -0.05) is 40.0 Å². The van der Waals surface area contributed by atoms with E-state index in [4.69, 9.17) is 10.3 Å². The molecular formula is C16H16BrN5O. The predicted molar refractivity (Wildman–Crippen MR) is 88.9 cm³/mol. The molecule has 23 heavy (non-hydrogen) atoms. The Morgan fingerprint density at radius 1 is 1.26 bits per heavy atom. The summed E-state index contributed by atoms with van der Waals surface area (Å²) in [7, 11) is 0. The highest BCUT2D eigenvalue weighted by Gasteiger charge is 2.36. The third-order valence-electron chi connectivity index (χ3n) is 4.27. The van der Waals surface area contributed by atoms with Crippen molar-refractivity contribution in [3.05, 3.63) is 47.0 Å². The minimum atomic E-state index is -0.442. The molecule has 2 N–H and O–H groups in total. The highest BCUT2D eigenvalue weighted by molar-refractivity contribution is 9.10. The Kier molecular flexibility index (Phi) is 3.54. The van der Waals surface area contributed by atoms with Gasteiger partial charge in [0.05, 0.1) is 23.0 Å². The number of halogens is 1. The summed E-state index contributed by atoms with van der Waals surface area (Å²) >= 11 is 3.46. The lowest BCUT2D eigenvalue weighted by Crippen LogP contribution is -2.34. The average Bonchev–Trinajstić information content (AvgIpc) is 3.27. The van der Waals surface area contributed by atoms with Crippen LogP contribution in [0.5, 0.6) is 0 Å². The molecule has 3 aromatic rings. The standard InChI is InChI=1S/C16H16BrN5O/c17-12-4-3-5-13(8-12)22-10-11(9-19-22)14-20-15(21-23-14)16(18)6-1-2-7-16/h3-5,8-10H,1-2,6-7,18H2. The van der Waals surface area contributed by atoms with Gasteiger partial charge in [-0.25, -0.2) is 4.68 Å². The smallest absolute Gasteiger partial charge is 0.261 e. The highest BCUT2D eigenvalue weighted by Crippen LogP contribution is 2.35. The fraction of sp³-hybridized carbons (Fsp3) is 0.312. The molecule has 1 aliphatic rings. The lowest BCUT2D eigenvalue weighted by atomic mass is 9.99. The Morgan fingerprint density at radius 2 is 2.09 bits per heavy atom. The summed E-state index contributed by atoms with van der Waals surface area (Å²) in [5.74, 6) is 1.05. The molecule has 1 aliphatic carbocycles. The zero-order valence-corrected chi connectivity index (χ0v) is 14.0. The molecule has 1 fully saturated rings. The third kappa shape index (κ3) is 2.70. The molecule has 0 bridgehead atoms. The van der Waals surface area contributed by atoms with Crippen molar-refractivity contribution in [3.8, 4) is 17.1 Å². The molecule has 7 heteroatoms. The summed E-state index contributed by atoms with van der Waals surface area (Å²) in [6.07, 6.45) is 7.63. The first-order valence-electron chi connectivity index (χ1n) is 7.58. The molecule has 4 rings (SSSR count). The van der Waals surface area contributed by atoms with Crippen LogP contribution in [-0.2, 0) is 5.54 Å². The summed E-state index contributed by atoms with van der Waals surface area (Å²) in [5.41, 5.74) is 7.67. The molecule has 0 saturated heterocycles. The van der Waals surface area contributed by atoms with Crippen molar-refractivity contribution in [2.24, 2.45) is 5.73 Å². The van der Waals surface area contributed by atoms with Crippen LogP contribution >= 0.6 is 15.9 Å². The summed E-state index contributed by atoms with van der Waals surface area (Å²) in [5, 5.41) is 8.45. The van der Waals surface area contributed by atoms with E-state index in [1.165, 1.54) is 0 Å². The molecule has 0 aliphatic heterocycles. The molecule has 1 saturated carbocycles. The molecule has 6 nitrogen and oxygen atoms in total. The Labute approximate surface area is 141 Å². The molecular weight excluding hydrogens is 358 g/mol. The molecule has 1 aromatic carbocycles. The number of nitrogens with zero attached hydrogens (tertiary/aromatic N) is 4. The van der Waals surface area contributed by atoms with E-state index in [1.807, 2.05) is 30.5 Å². The molecule has 0 unspecified atom stereocenters. The number of nitrogens with two attached hydrogens (primary N) is 1. The average molecular weight is 374 g/mol. The molecule has 0 radical (unpaired) electrons. The van der Waals surface area contributed by atoms with Crippen LogP contribution in [0.15, 0.2) is 45.7 Å². The maximum Gasteiger partial charge on any atom is 0.261 e. The van der Waals surface area contributed by atoms with Gasteiger partial charge in [0.15, 0.2) is 5.82 Å². The van der Waals surface area contributed by atoms with E-state index in [-0.39, 0.29) is 0 Å². The van der Waals surface area contributed by atoms with E-state index in [9.17, 15) is 0 Å². The van der Waals surface area contributed by atoms with Gasteiger partial charge in [-0.05, 0) is 31.0 Å². The monoisotopic (exact) mass is 373 g/mol. The molecule has 118 valence electrons. The summed E-state index contributed by atoms with van der Waals surface area (Å²) < 4.78 is 8.17. The summed E-state index contributed by atoms with van der Waals surface area (Å²) in [6.45, 7) is 0. The first-order valence-corrected chi connectivity index (χ1v) is 8.37. The zero-order chi connectivity index (χ0) is 15.9. The van der Waals surface area contributed by atoms with Gasteiger partial charge in [0, 0.05) is 10.7 Å². The van der Waals surface area contributed by atoms with Gasteiger partial charge in [-0.3, -0.25) is 0 Å². The van der Waals surface area contributed by atoms with Crippen LogP contribution in [-0.4, -0.2) is 19.9 Å². The quantitative estimate of drug-likeness (QED) is 0.760. The van der Waals surface area contributed by atoms with Crippen LogP contribution in [0.4, 0.5) is 0 Å². The minimum Gasteiger partial charge on any atom is -0.334 e. The van der Waals surface area contributed by atoms with Crippen LogP contribution in [0.25, 0.3) is 17.1 Å². The minimum absolute atomic E-state index is 0.442. The maximum atomic E-state index is 6.37. The van der Waals surface area contributed by atoms with Gasteiger partial charge in [0.2, 0.25) is 0 Å². The third-order valence-corrected chi connectivity index (χ3v) is 4.76. The van der Waals surface area contributed by atoms with E-state index in [0.717, 1.165) is 41.4 Å². The maximum absolute atomic E-state index is 6.37. The molecule has 2 heterocycles. The van der Waals surface area contributed by atoms with Gasteiger partial charge in [0.1, 0.15) is 0 Å². The van der Waals surface area contributed by atoms with Gasteiger partial charge >= 0.3 is 0 Å². The largest absolute Gasteiger partial charge is 0.334 e. The van der Waals surface area contributed by atoms with Crippen LogP contribution in [0.2, 0.25) is 0 Å². The van der Waals surface area contributed by atoms with Gasteiger partial charge in [-0.2, -0.15) is 10.1 Å². The Balaban J connectivity index is 1.63. The van der Waals surface area contributed by atoms with E-state index in [0.29, 0.717) is 11.7 Å². The normalized spacial score (nSPS) is 16.8. The van der Waals surface area contributed by atoms with E-state index in [2.05, 4.69) is 31.2 Å². The fourth-order valence-corrected chi connectivity index (χ4v) is 3.35. The molecule has 2 aromatic heterocycles. The van der Waals surface area contributed by atoms with Crippen molar-refractivity contribution in [1.29, 1.82) is 0 Å². The van der Waals surface area contributed by atoms with Crippen molar-refractivity contribution < 1.29 is 4.52 Å². The Morgan fingerprint density at radius 3 is 2.87 bits per heavy atom. The van der Waals surface area contributed by atoms with Crippen molar-refractivity contribution in [2.75, 3.05) is 0 Å². The SMILES string of the molecule is NC1(c2noc(-c3cnn(-c4cccc(Br)c4)c3)n2)CCCC1. The second-order valence-corrected chi connectivity index (χ2v) is 6.86. The first-order chi connectivity index (χ1) is 11.1. The van der Waals surface area contributed by atoms with Crippen LogP contribution in [0, 0.1) is 0 Å². The summed E-state index contributed by atoms with van der Waals surface area (Å²) in [4.78, 5) is 4.49. The topological polar surface area (TPSA) is 82.8 Å². The van der Waals surface area contributed by atoms with Crippen LogP contribution < -0.4 is 5.73 Å². The zero-order valence-electron chi connectivity index (χ0n) is 12.4. The van der Waals surface area contributed by atoms with Gasteiger partial charge in [0.25, 0.3) is 5.89 Å². The second kappa shape index (κ2) is 5.58. The Hall–Kier alpha value is -1.99. The molecule has 0 spiro atoms. The van der Waals surface area contributed by atoms with E-state index >= 15 is 0 Å². The van der Waals surface area contributed by atoms with Crippen LogP contribution in [0.1, 0.15) is 31.5 Å². The number of rotatable bonds is 3. The Bertz CT molecular complexity index is 834. The van der Waals surface area contributed by atoms with Crippen molar-refractivity contribution in [1.82, 2.24) is 19.9 Å². The van der Waals surface area contributed by atoms with E-state index in [1.54, 1.807) is 10.9 Å². The number of hydrogen-bond donors (Lipinski definition) is 1. The predicted octanol–water partition coefficient (Wildman–Crippen LogP) is 3.41. The van der Waals surface area contributed by atoms with Gasteiger partial charge in [-0.15, -0.1) is 0 Å². The number of hydrogen-bond acceptors (Lipinski definition) is 5. The lowest BCUT2D eigenvalue weighted by Gasteiger charge is -2.17.